The van der Waals surface area contributed by atoms with E-state index in [1.807, 2.05) is 0 Å². The van der Waals surface area contributed by atoms with E-state index in [-0.39, 0.29) is 0 Å². The molecule has 0 radical (unpaired) electrons. The van der Waals surface area contributed by atoms with Crippen LogP contribution in [-0.4, -0.2) is 37.2 Å². The van der Waals surface area contributed by atoms with E-state index in [2.05, 4.69) is 34.5 Å². The molecule has 0 atom stereocenters. The van der Waals surface area contributed by atoms with E-state index >= 15 is 0 Å². The zero-order valence-corrected chi connectivity index (χ0v) is 13.0. The molecule has 1 saturated carbocycles. The van der Waals surface area contributed by atoms with Crippen LogP contribution in [0.15, 0.2) is 24.3 Å². The molecule has 1 aromatic carbocycles. The number of likely N-dealkylation sites (tertiary alicyclic amines) is 1. The zero-order chi connectivity index (χ0) is 14.3. The van der Waals surface area contributed by atoms with E-state index < -0.39 is 0 Å². The summed E-state index contributed by atoms with van der Waals surface area (Å²) in [6.45, 7) is 6.18. The maximum atomic E-state index is 5.85. The molecule has 0 aromatic heterocycles. The van der Waals surface area contributed by atoms with Crippen molar-refractivity contribution in [3.05, 3.63) is 35.4 Å². The van der Waals surface area contributed by atoms with Gasteiger partial charge in [0.15, 0.2) is 0 Å². The lowest BCUT2D eigenvalue weighted by atomic mass is 10.1. The predicted molar refractivity (Wildman–Crippen MR) is 86.3 cm³/mol. The van der Waals surface area contributed by atoms with Crippen molar-refractivity contribution >= 4 is 0 Å². The summed E-state index contributed by atoms with van der Waals surface area (Å²) in [5.74, 6) is 0. The van der Waals surface area contributed by atoms with E-state index in [9.17, 15) is 0 Å². The monoisotopic (exact) mass is 288 g/mol. The van der Waals surface area contributed by atoms with Gasteiger partial charge in [-0.05, 0) is 49.9 Å². The zero-order valence-electron chi connectivity index (χ0n) is 13.0. The molecular weight excluding hydrogens is 260 g/mol. The smallest absolute Gasteiger partial charge is 0.0717 e. The minimum atomic E-state index is 0.741. The van der Waals surface area contributed by atoms with Crippen LogP contribution in [0.5, 0.6) is 0 Å². The van der Waals surface area contributed by atoms with Crippen LogP contribution in [0.3, 0.4) is 0 Å². The van der Waals surface area contributed by atoms with Crippen LogP contribution in [-0.2, 0) is 17.9 Å². The summed E-state index contributed by atoms with van der Waals surface area (Å²) >= 11 is 0. The quantitative estimate of drug-likeness (QED) is 0.744. The SMILES string of the molecule is c1cc(CNC2CC2)cc(COCCN2CCCCC2)c1. The molecule has 21 heavy (non-hydrogen) atoms. The Labute approximate surface area is 128 Å². The van der Waals surface area contributed by atoms with E-state index in [1.165, 1.54) is 56.3 Å². The second-order valence-electron chi connectivity index (χ2n) is 6.43. The Morgan fingerprint density at radius 1 is 1.10 bits per heavy atom. The molecule has 3 rings (SSSR count). The lowest BCUT2D eigenvalue weighted by Crippen LogP contribution is -2.32. The molecule has 1 heterocycles. The highest BCUT2D eigenvalue weighted by atomic mass is 16.5. The van der Waals surface area contributed by atoms with Crippen molar-refractivity contribution in [2.75, 3.05) is 26.2 Å². The van der Waals surface area contributed by atoms with Gasteiger partial charge in [-0.3, -0.25) is 0 Å². The summed E-state index contributed by atoms with van der Waals surface area (Å²) < 4.78 is 5.85. The number of nitrogens with zero attached hydrogens (tertiary/aromatic N) is 1. The highest BCUT2D eigenvalue weighted by molar-refractivity contribution is 5.23. The Morgan fingerprint density at radius 2 is 1.90 bits per heavy atom. The second-order valence-corrected chi connectivity index (χ2v) is 6.43. The molecule has 2 fully saturated rings. The molecule has 1 aromatic rings. The van der Waals surface area contributed by atoms with Crippen LogP contribution in [0.4, 0.5) is 0 Å². The van der Waals surface area contributed by atoms with Gasteiger partial charge in [-0.2, -0.15) is 0 Å². The Kier molecular flexibility index (Phi) is 5.67. The van der Waals surface area contributed by atoms with Crippen molar-refractivity contribution in [1.82, 2.24) is 10.2 Å². The summed E-state index contributed by atoms with van der Waals surface area (Å²) in [7, 11) is 0. The highest BCUT2D eigenvalue weighted by Crippen LogP contribution is 2.19. The first-order valence-electron chi connectivity index (χ1n) is 8.51. The first-order chi connectivity index (χ1) is 10.4. The number of piperidine rings is 1. The van der Waals surface area contributed by atoms with Gasteiger partial charge in [0.05, 0.1) is 13.2 Å². The van der Waals surface area contributed by atoms with Gasteiger partial charge in [0.1, 0.15) is 0 Å². The fraction of sp³-hybridized carbons (Fsp3) is 0.667. The number of hydrogen-bond donors (Lipinski definition) is 1. The van der Waals surface area contributed by atoms with E-state index in [1.54, 1.807) is 0 Å². The van der Waals surface area contributed by atoms with Crippen LogP contribution in [0, 0.1) is 0 Å². The van der Waals surface area contributed by atoms with Gasteiger partial charge in [0.2, 0.25) is 0 Å². The maximum absolute atomic E-state index is 5.85. The van der Waals surface area contributed by atoms with Gasteiger partial charge in [0.25, 0.3) is 0 Å². The topological polar surface area (TPSA) is 24.5 Å². The molecule has 0 spiro atoms. The molecule has 1 aliphatic carbocycles. The molecule has 1 N–H and O–H groups in total. The number of hydrogen-bond acceptors (Lipinski definition) is 3. The predicted octanol–water partition coefficient (Wildman–Crippen LogP) is 2.94. The molecule has 1 saturated heterocycles. The molecular formula is C18H28N2O. The number of nitrogens with one attached hydrogen (secondary N) is 1. The van der Waals surface area contributed by atoms with Crippen molar-refractivity contribution in [1.29, 1.82) is 0 Å². The molecule has 3 heteroatoms. The molecule has 0 bridgehead atoms. The Morgan fingerprint density at radius 3 is 2.71 bits per heavy atom. The normalized spacial score (nSPS) is 19.8. The number of ether oxygens (including phenoxy) is 1. The van der Waals surface area contributed by atoms with Crippen LogP contribution < -0.4 is 5.32 Å². The van der Waals surface area contributed by atoms with E-state index in [0.29, 0.717) is 0 Å². The van der Waals surface area contributed by atoms with Crippen molar-refractivity contribution in [3.8, 4) is 0 Å². The fourth-order valence-electron chi connectivity index (χ4n) is 2.95. The maximum Gasteiger partial charge on any atom is 0.0717 e. The largest absolute Gasteiger partial charge is 0.375 e. The Bertz CT molecular complexity index is 425. The summed E-state index contributed by atoms with van der Waals surface area (Å²) in [5.41, 5.74) is 2.67. The third-order valence-corrected chi connectivity index (χ3v) is 4.43. The van der Waals surface area contributed by atoms with E-state index in [4.69, 9.17) is 4.74 Å². The van der Waals surface area contributed by atoms with Gasteiger partial charge < -0.3 is 15.0 Å². The molecule has 116 valence electrons. The number of benzene rings is 1. The summed E-state index contributed by atoms with van der Waals surface area (Å²) in [4.78, 5) is 2.53. The third-order valence-electron chi connectivity index (χ3n) is 4.43. The van der Waals surface area contributed by atoms with Crippen molar-refractivity contribution < 1.29 is 4.74 Å². The molecule has 0 unspecified atom stereocenters. The van der Waals surface area contributed by atoms with Crippen LogP contribution in [0.2, 0.25) is 0 Å². The second kappa shape index (κ2) is 7.92. The number of rotatable bonds is 8. The highest BCUT2D eigenvalue weighted by Gasteiger charge is 2.19. The minimum Gasteiger partial charge on any atom is -0.375 e. The van der Waals surface area contributed by atoms with Crippen molar-refractivity contribution in [3.63, 3.8) is 0 Å². The molecule has 2 aliphatic rings. The van der Waals surface area contributed by atoms with E-state index in [0.717, 1.165) is 32.3 Å². The van der Waals surface area contributed by atoms with Crippen LogP contribution in [0.1, 0.15) is 43.2 Å². The summed E-state index contributed by atoms with van der Waals surface area (Å²) in [5, 5.41) is 3.56. The first-order valence-corrected chi connectivity index (χ1v) is 8.51. The van der Waals surface area contributed by atoms with Gasteiger partial charge in [0, 0.05) is 19.1 Å². The standard InChI is InChI=1S/C18H28N2O/c1-2-9-20(10-3-1)11-12-21-15-17-6-4-5-16(13-17)14-19-18-7-8-18/h4-6,13,18-19H,1-3,7-12,14-15H2. The van der Waals surface area contributed by atoms with Gasteiger partial charge in [-0.25, -0.2) is 0 Å². The van der Waals surface area contributed by atoms with Crippen LogP contribution >= 0.6 is 0 Å². The van der Waals surface area contributed by atoms with Gasteiger partial charge in [-0.15, -0.1) is 0 Å². The molecule has 0 amide bonds. The lowest BCUT2D eigenvalue weighted by Gasteiger charge is -2.26. The van der Waals surface area contributed by atoms with Crippen molar-refractivity contribution in [2.45, 2.75) is 51.3 Å². The Hall–Kier alpha value is -0.900. The van der Waals surface area contributed by atoms with Gasteiger partial charge >= 0.3 is 0 Å². The lowest BCUT2D eigenvalue weighted by molar-refractivity contribution is 0.0863. The Balaban J connectivity index is 1.34. The summed E-state index contributed by atoms with van der Waals surface area (Å²) in [6, 6.07) is 9.56. The third kappa shape index (κ3) is 5.42. The summed E-state index contributed by atoms with van der Waals surface area (Å²) in [6.07, 6.45) is 6.81. The van der Waals surface area contributed by atoms with Crippen LogP contribution in [0.25, 0.3) is 0 Å². The molecule has 3 nitrogen and oxygen atoms in total. The minimum absolute atomic E-state index is 0.741. The molecule has 1 aliphatic heterocycles. The average Bonchev–Trinajstić information content (AvgIpc) is 3.35. The fourth-order valence-corrected chi connectivity index (χ4v) is 2.95. The first kappa shape index (κ1) is 15.0. The average molecular weight is 288 g/mol. The van der Waals surface area contributed by atoms with Crippen molar-refractivity contribution in [2.24, 2.45) is 0 Å². The van der Waals surface area contributed by atoms with Gasteiger partial charge in [-0.1, -0.05) is 30.7 Å².